The summed E-state index contributed by atoms with van der Waals surface area (Å²) in [6.07, 6.45) is 10.5. The molecule has 1 aromatic heterocycles. The van der Waals surface area contributed by atoms with Gasteiger partial charge in [-0.05, 0) is 55.4 Å². The number of carbonyl (C=O) groups is 3. The van der Waals surface area contributed by atoms with Gasteiger partial charge in [-0.2, -0.15) is 0 Å². The van der Waals surface area contributed by atoms with Crippen LogP contribution in [0, 0.1) is 11.8 Å². The second kappa shape index (κ2) is 13.6. The zero-order chi connectivity index (χ0) is 26.9. The van der Waals surface area contributed by atoms with Crippen LogP contribution < -0.4 is 10.6 Å². The Labute approximate surface area is 229 Å². The van der Waals surface area contributed by atoms with Crippen molar-refractivity contribution in [3.63, 3.8) is 0 Å². The Morgan fingerprint density at radius 2 is 1.89 bits per heavy atom. The van der Waals surface area contributed by atoms with Gasteiger partial charge in [0, 0.05) is 46.1 Å². The summed E-state index contributed by atoms with van der Waals surface area (Å²) in [5.74, 6) is 0.278. The van der Waals surface area contributed by atoms with Crippen LogP contribution in [0.1, 0.15) is 89.2 Å². The number of aromatic nitrogens is 2. The third-order valence-corrected chi connectivity index (χ3v) is 7.90. The van der Waals surface area contributed by atoms with Crippen molar-refractivity contribution in [1.29, 1.82) is 0 Å². The van der Waals surface area contributed by atoms with Crippen LogP contribution in [-0.4, -0.2) is 58.1 Å². The Morgan fingerprint density at radius 1 is 1.08 bits per heavy atom. The van der Waals surface area contributed by atoms with Gasteiger partial charge in [0.15, 0.2) is 5.78 Å². The molecule has 38 heavy (non-hydrogen) atoms. The fourth-order valence-corrected chi connectivity index (χ4v) is 5.71. The van der Waals surface area contributed by atoms with E-state index in [1.165, 1.54) is 12.7 Å². The average Bonchev–Trinajstić information content (AvgIpc) is 2.96. The zero-order valence-electron chi connectivity index (χ0n) is 22.7. The van der Waals surface area contributed by atoms with E-state index in [2.05, 4.69) is 20.6 Å². The van der Waals surface area contributed by atoms with E-state index in [-0.39, 0.29) is 44.7 Å². The predicted octanol–water partition coefficient (Wildman–Crippen LogP) is 4.37. The highest BCUT2D eigenvalue weighted by Crippen LogP contribution is 2.30. The maximum absolute atomic E-state index is 13.3. The topological polar surface area (TPSA) is 104 Å². The molecule has 1 saturated carbocycles. The summed E-state index contributed by atoms with van der Waals surface area (Å²) in [6, 6.07) is 9.12. The summed E-state index contributed by atoms with van der Waals surface area (Å²) in [7, 11) is 0. The number of carbonyl (C=O) groups excluding carboxylic acids is 3. The van der Waals surface area contributed by atoms with Gasteiger partial charge in [-0.25, -0.2) is 9.97 Å². The molecule has 0 bridgehead atoms. The van der Waals surface area contributed by atoms with E-state index < -0.39 is 6.04 Å². The Morgan fingerprint density at radius 3 is 2.63 bits per heavy atom. The highest BCUT2D eigenvalue weighted by Gasteiger charge is 2.32. The molecule has 2 aliphatic rings. The van der Waals surface area contributed by atoms with Gasteiger partial charge < -0.3 is 15.5 Å². The van der Waals surface area contributed by atoms with Gasteiger partial charge >= 0.3 is 0 Å². The second-order valence-corrected chi connectivity index (χ2v) is 11.0. The first-order valence-electron chi connectivity index (χ1n) is 14.1. The van der Waals surface area contributed by atoms with E-state index in [0.717, 1.165) is 56.3 Å². The molecule has 2 fully saturated rings. The molecule has 2 aromatic rings. The molecule has 0 unspecified atom stereocenters. The second-order valence-electron chi connectivity index (χ2n) is 11.0. The molecule has 2 amide bonds. The normalized spacial score (nSPS) is 19.2. The van der Waals surface area contributed by atoms with Crippen LogP contribution in [0.15, 0.2) is 42.9 Å². The van der Waals surface area contributed by atoms with Gasteiger partial charge in [-0.3, -0.25) is 14.4 Å². The minimum Gasteiger partial charge on any atom is -0.342 e. The number of likely N-dealkylation sites (tertiary alicyclic amines) is 1. The molecule has 8 nitrogen and oxygen atoms in total. The van der Waals surface area contributed by atoms with E-state index in [1.807, 2.05) is 49.1 Å². The van der Waals surface area contributed by atoms with Crippen molar-refractivity contribution in [3.05, 3.63) is 59.7 Å². The number of ketones is 1. The lowest BCUT2D eigenvalue weighted by atomic mass is 9.80. The lowest BCUT2D eigenvalue weighted by molar-refractivity contribution is -0.131. The minimum atomic E-state index is -0.427. The van der Waals surface area contributed by atoms with Crippen LogP contribution in [-0.2, 0) is 16.1 Å². The third kappa shape index (κ3) is 7.47. The van der Waals surface area contributed by atoms with Crippen molar-refractivity contribution in [2.24, 2.45) is 11.8 Å². The Hall–Kier alpha value is -3.13. The molecule has 0 radical (unpaired) electrons. The first kappa shape index (κ1) is 27.9. The standard InChI is InChI=1S/C30H41N5O3.2H2/c1-21(2)29(37)28(22-8-4-3-5-9-22)34-30(38)24-11-6-10-23(16-24)25-12-7-15-35(19-25)27(36)18-32-17-26-13-14-31-20-33-26;;/h6,10-11,13-14,16,20-22,25,28,32H,3-5,7-9,12,15,17-19H2,1-2H3,(H,34,38);2*1H/t25-,28-;;/m1../s1. The lowest BCUT2D eigenvalue weighted by Gasteiger charge is -2.33. The van der Waals surface area contributed by atoms with Crippen molar-refractivity contribution in [1.82, 2.24) is 25.5 Å². The SMILES string of the molecule is CC(C)C(=O)[C@H](NC(=O)c1cccc([C@@H]2CCCN(C(=O)CNCc3ccncn3)C2)c1)C1CCCCC1.[HH].[HH]. The van der Waals surface area contributed by atoms with Crippen molar-refractivity contribution in [2.75, 3.05) is 19.6 Å². The van der Waals surface area contributed by atoms with Crippen LogP contribution in [0.5, 0.6) is 0 Å². The van der Waals surface area contributed by atoms with Crippen LogP contribution in [0.4, 0.5) is 0 Å². The van der Waals surface area contributed by atoms with E-state index in [4.69, 9.17) is 0 Å². The molecule has 4 rings (SSSR count). The quantitative estimate of drug-likeness (QED) is 0.479. The average molecular weight is 524 g/mol. The highest BCUT2D eigenvalue weighted by molar-refractivity contribution is 5.98. The number of rotatable bonds is 10. The van der Waals surface area contributed by atoms with Crippen molar-refractivity contribution >= 4 is 17.6 Å². The monoisotopic (exact) mass is 523 g/mol. The van der Waals surface area contributed by atoms with Crippen LogP contribution >= 0.6 is 0 Å². The van der Waals surface area contributed by atoms with Crippen molar-refractivity contribution in [3.8, 4) is 0 Å². The summed E-state index contributed by atoms with van der Waals surface area (Å²) in [5, 5.41) is 6.29. The molecule has 2 N–H and O–H groups in total. The molecular formula is C30H45N5O3. The number of piperidine rings is 1. The smallest absolute Gasteiger partial charge is 0.251 e. The van der Waals surface area contributed by atoms with Crippen molar-refractivity contribution < 1.29 is 17.2 Å². The first-order chi connectivity index (χ1) is 18.4. The molecular weight excluding hydrogens is 478 g/mol. The summed E-state index contributed by atoms with van der Waals surface area (Å²) in [5.41, 5.74) is 2.49. The van der Waals surface area contributed by atoms with E-state index in [1.54, 1.807) is 6.20 Å². The molecule has 0 spiro atoms. The number of Topliss-reactive ketones (excluding diaryl/α,β-unsaturated/α-hetero) is 1. The van der Waals surface area contributed by atoms with E-state index in [0.29, 0.717) is 18.7 Å². The van der Waals surface area contributed by atoms with Gasteiger partial charge in [0.1, 0.15) is 6.33 Å². The molecule has 1 saturated heterocycles. The lowest BCUT2D eigenvalue weighted by Crippen LogP contribution is -2.48. The predicted molar refractivity (Wildman–Crippen MR) is 151 cm³/mol. The molecule has 2 heterocycles. The van der Waals surface area contributed by atoms with Crippen LogP contribution in [0.25, 0.3) is 0 Å². The van der Waals surface area contributed by atoms with Gasteiger partial charge in [0.2, 0.25) is 5.91 Å². The van der Waals surface area contributed by atoms with E-state index in [9.17, 15) is 14.4 Å². The largest absolute Gasteiger partial charge is 0.342 e. The van der Waals surface area contributed by atoms with Crippen LogP contribution in [0.3, 0.4) is 0 Å². The Bertz CT molecular complexity index is 1100. The number of amides is 2. The van der Waals surface area contributed by atoms with Gasteiger partial charge in [0.05, 0.1) is 18.3 Å². The number of hydrogen-bond donors (Lipinski definition) is 2. The van der Waals surface area contributed by atoms with Gasteiger partial charge in [-0.15, -0.1) is 0 Å². The summed E-state index contributed by atoms with van der Waals surface area (Å²) in [4.78, 5) is 49.2. The maximum atomic E-state index is 13.3. The van der Waals surface area contributed by atoms with Gasteiger partial charge in [-0.1, -0.05) is 45.2 Å². The Kier molecular flexibility index (Phi) is 9.98. The summed E-state index contributed by atoms with van der Waals surface area (Å²) >= 11 is 0. The molecule has 1 aromatic carbocycles. The fourth-order valence-electron chi connectivity index (χ4n) is 5.71. The maximum Gasteiger partial charge on any atom is 0.251 e. The van der Waals surface area contributed by atoms with Crippen molar-refractivity contribution in [2.45, 2.75) is 77.3 Å². The number of nitrogens with zero attached hydrogens (tertiary/aromatic N) is 3. The summed E-state index contributed by atoms with van der Waals surface area (Å²) < 4.78 is 0. The first-order valence-corrected chi connectivity index (χ1v) is 14.1. The number of hydrogen-bond acceptors (Lipinski definition) is 6. The molecule has 8 heteroatoms. The van der Waals surface area contributed by atoms with E-state index >= 15 is 0 Å². The number of benzene rings is 1. The molecule has 1 aliphatic carbocycles. The van der Waals surface area contributed by atoms with Gasteiger partial charge in [0.25, 0.3) is 5.91 Å². The molecule has 208 valence electrons. The number of nitrogens with one attached hydrogen (secondary N) is 2. The minimum absolute atomic E-state index is 0. The Balaban J connectivity index is 0.00000280. The zero-order valence-corrected chi connectivity index (χ0v) is 22.7. The summed E-state index contributed by atoms with van der Waals surface area (Å²) in [6.45, 7) is 5.97. The fraction of sp³-hybridized carbons (Fsp3) is 0.567. The molecule has 1 aliphatic heterocycles. The third-order valence-electron chi connectivity index (χ3n) is 7.90. The highest BCUT2D eigenvalue weighted by atomic mass is 16.2. The van der Waals surface area contributed by atoms with Crippen LogP contribution in [0.2, 0.25) is 0 Å². The molecule has 2 atom stereocenters.